The fourth-order valence-corrected chi connectivity index (χ4v) is 7.98. The van der Waals surface area contributed by atoms with Crippen molar-refractivity contribution in [2.45, 2.75) is 82.5 Å². The van der Waals surface area contributed by atoms with Crippen LogP contribution in [0.4, 0.5) is 15.4 Å². The number of pyridine rings is 1. The molecule has 16 nitrogen and oxygen atoms in total. The summed E-state index contributed by atoms with van der Waals surface area (Å²) >= 11 is 0. The van der Waals surface area contributed by atoms with E-state index in [1.165, 1.54) is 14.2 Å². The van der Waals surface area contributed by atoms with Gasteiger partial charge in [0.1, 0.15) is 29.6 Å². The van der Waals surface area contributed by atoms with E-state index < -0.39 is 24.3 Å². The van der Waals surface area contributed by atoms with Gasteiger partial charge in [0.25, 0.3) is 0 Å². The molecule has 16 heteroatoms. The van der Waals surface area contributed by atoms with E-state index in [1.807, 2.05) is 18.3 Å². The summed E-state index contributed by atoms with van der Waals surface area (Å²) in [5.41, 5.74) is 3.83. The topological polar surface area (TPSA) is 191 Å². The molecular formula is C38H48N10O6. The number of hydrogen-bond acceptors (Lipinski definition) is 10. The quantitative estimate of drug-likeness (QED) is 0.189. The van der Waals surface area contributed by atoms with Crippen LogP contribution in [0.5, 0.6) is 0 Å². The fourth-order valence-electron chi connectivity index (χ4n) is 7.98. The average molecular weight is 741 g/mol. The lowest BCUT2D eigenvalue weighted by molar-refractivity contribution is -0.134. The van der Waals surface area contributed by atoms with Crippen LogP contribution >= 0.6 is 0 Å². The van der Waals surface area contributed by atoms with E-state index in [0.29, 0.717) is 19.0 Å². The van der Waals surface area contributed by atoms with Gasteiger partial charge < -0.3 is 44.8 Å². The van der Waals surface area contributed by atoms with E-state index >= 15 is 0 Å². The minimum Gasteiger partial charge on any atom is -0.453 e. The molecule has 4 N–H and O–H groups in total. The van der Waals surface area contributed by atoms with Gasteiger partial charge in [-0.1, -0.05) is 6.07 Å². The number of aromatic nitrogens is 5. The molecule has 3 aliphatic rings. The van der Waals surface area contributed by atoms with Crippen molar-refractivity contribution in [2.24, 2.45) is 0 Å². The zero-order valence-corrected chi connectivity index (χ0v) is 31.1. The highest BCUT2D eigenvalue weighted by Crippen LogP contribution is 2.35. The van der Waals surface area contributed by atoms with Crippen LogP contribution in [-0.4, -0.2) is 111 Å². The van der Waals surface area contributed by atoms with Crippen molar-refractivity contribution in [1.29, 1.82) is 0 Å². The van der Waals surface area contributed by atoms with E-state index in [4.69, 9.17) is 9.97 Å². The number of likely N-dealkylation sites (tertiary alicyclic amines) is 2. The molecule has 0 radical (unpaired) electrons. The van der Waals surface area contributed by atoms with Crippen LogP contribution in [-0.2, 0) is 19.1 Å². The van der Waals surface area contributed by atoms with Crippen molar-refractivity contribution in [3.63, 3.8) is 0 Å². The van der Waals surface area contributed by atoms with Crippen LogP contribution < -0.4 is 15.5 Å². The lowest BCUT2D eigenvalue weighted by Gasteiger charge is -2.32. The Kier molecular flexibility index (Phi) is 10.7. The van der Waals surface area contributed by atoms with E-state index in [9.17, 15) is 19.2 Å². The predicted octanol–water partition coefficient (Wildman–Crippen LogP) is 4.55. The van der Waals surface area contributed by atoms with Crippen molar-refractivity contribution >= 4 is 40.7 Å². The number of H-pyrrole nitrogens is 2. The number of methoxy groups -OCH3 is 2. The lowest BCUT2D eigenvalue weighted by atomic mass is 9.94. The number of piperidine rings is 1. The summed E-state index contributed by atoms with van der Waals surface area (Å²) in [6.07, 6.45) is 7.68. The summed E-state index contributed by atoms with van der Waals surface area (Å²) in [6, 6.07) is 8.61. The molecule has 54 heavy (non-hydrogen) atoms. The molecule has 3 fully saturated rings. The molecule has 7 rings (SSSR count). The summed E-state index contributed by atoms with van der Waals surface area (Å²) in [5, 5.41) is 6.16. The molecule has 4 amide bonds. The van der Waals surface area contributed by atoms with Gasteiger partial charge in [0, 0.05) is 54.9 Å². The van der Waals surface area contributed by atoms with Crippen molar-refractivity contribution in [1.82, 2.24) is 45.4 Å². The summed E-state index contributed by atoms with van der Waals surface area (Å²) in [4.78, 5) is 76.8. The maximum atomic E-state index is 13.1. The van der Waals surface area contributed by atoms with Crippen LogP contribution in [0, 0.1) is 0 Å². The molecule has 1 aromatic carbocycles. The number of alkyl carbamates (subject to hydrolysis) is 2. The first kappa shape index (κ1) is 36.7. The summed E-state index contributed by atoms with van der Waals surface area (Å²) in [5.74, 6) is 2.47. The molecule has 0 spiro atoms. The Bertz CT molecular complexity index is 2000. The zero-order valence-electron chi connectivity index (χ0n) is 31.1. The number of fused-ring (bicyclic) bond motifs is 1. The van der Waals surface area contributed by atoms with Gasteiger partial charge in [-0.05, 0) is 76.6 Å². The van der Waals surface area contributed by atoms with Crippen LogP contribution in [0.1, 0.15) is 87.7 Å². The number of ether oxygens (including phenoxy) is 2. The van der Waals surface area contributed by atoms with Crippen LogP contribution in [0.15, 0.2) is 42.7 Å². The number of aromatic amines is 2. The molecule has 4 unspecified atom stereocenters. The Morgan fingerprint density at radius 2 is 1.35 bits per heavy atom. The van der Waals surface area contributed by atoms with E-state index in [1.54, 1.807) is 29.8 Å². The van der Waals surface area contributed by atoms with Crippen molar-refractivity contribution in [2.75, 3.05) is 45.3 Å². The Morgan fingerprint density at radius 3 is 1.96 bits per heavy atom. The maximum absolute atomic E-state index is 13.1. The lowest BCUT2D eigenvalue weighted by Crippen LogP contribution is -2.46. The van der Waals surface area contributed by atoms with Crippen molar-refractivity contribution in [3.05, 3.63) is 60.1 Å². The van der Waals surface area contributed by atoms with E-state index in [0.717, 1.165) is 96.9 Å². The molecule has 3 aromatic heterocycles. The van der Waals surface area contributed by atoms with Gasteiger partial charge in [-0.25, -0.2) is 24.5 Å². The monoisotopic (exact) mass is 740 g/mol. The van der Waals surface area contributed by atoms with Gasteiger partial charge in [0.05, 0.1) is 43.7 Å². The largest absolute Gasteiger partial charge is 0.453 e. The first-order valence-corrected chi connectivity index (χ1v) is 18.7. The predicted molar refractivity (Wildman–Crippen MR) is 199 cm³/mol. The summed E-state index contributed by atoms with van der Waals surface area (Å²) < 4.78 is 9.31. The molecule has 3 saturated heterocycles. The fraction of sp³-hybridized carbons (Fsp3) is 0.500. The van der Waals surface area contributed by atoms with E-state index in [2.05, 4.69) is 58.2 Å². The molecule has 4 aromatic rings. The molecule has 286 valence electrons. The highest BCUT2D eigenvalue weighted by atomic mass is 16.5. The maximum Gasteiger partial charge on any atom is 0.407 e. The molecule has 0 bridgehead atoms. The molecule has 4 atom stereocenters. The Morgan fingerprint density at radius 1 is 0.759 bits per heavy atom. The minimum absolute atomic E-state index is 0.146. The first-order valence-electron chi connectivity index (χ1n) is 18.7. The van der Waals surface area contributed by atoms with Crippen molar-refractivity contribution < 1.29 is 28.7 Å². The number of amides is 4. The summed E-state index contributed by atoms with van der Waals surface area (Å²) in [7, 11) is 2.55. The number of hydrogen-bond donors (Lipinski definition) is 4. The van der Waals surface area contributed by atoms with E-state index in [-0.39, 0.29) is 23.9 Å². The third-order valence-electron chi connectivity index (χ3n) is 10.9. The molecule has 6 heterocycles. The first-order chi connectivity index (χ1) is 26.1. The van der Waals surface area contributed by atoms with Gasteiger partial charge in [-0.15, -0.1) is 0 Å². The second kappa shape index (κ2) is 15.7. The SMILES string of the molecule is COC(=O)NC(C)C(=O)N1CCCC1c1ncc(-c2ccc3nc(N4CCC(c5cnc(C6CCCN6C(=O)C(C)NC(=O)OC)[nH]5)CC4)ccc3c2)[nH]1. The van der Waals surface area contributed by atoms with Gasteiger partial charge in [-0.3, -0.25) is 9.59 Å². The van der Waals surface area contributed by atoms with Gasteiger partial charge in [-0.2, -0.15) is 0 Å². The van der Waals surface area contributed by atoms with Crippen molar-refractivity contribution in [3.8, 4) is 11.3 Å². The van der Waals surface area contributed by atoms with Gasteiger partial charge in [0.15, 0.2) is 0 Å². The van der Waals surface area contributed by atoms with Crippen LogP contribution in [0.3, 0.4) is 0 Å². The number of rotatable bonds is 9. The third-order valence-corrected chi connectivity index (χ3v) is 10.9. The number of anilines is 1. The van der Waals surface area contributed by atoms with Gasteiger partial charge >= 0.3 is 12.2 Å². The normalized spacial score (nSPS) is 20.2. The average Bonchev–Trinajstić information content (AvgIpc) is 4.03. The second-order valence-corrected chi connectivity index (χ2v) is 14.3. The number of nitrogens with zero attached hydrogens (tertiary/aromatic N) is 6. The second-order valence-electron chi connectivity index (χ2n) is 14.3. The Hall–Kier alpha value is -5.67. The third kappa shape index (κ3) is 7.54. The van der Waals surface area contributed by atoms with Crippen LogP contribution in [0.2, 0.25) is 0 Å². The number of imidazole rings is 2. The molecule has 0 aliphatic carbocycles. The standard InChI is InChI=1S/C38H48N10O6/c1-22(41-37(51)53-3)35(49)47-15-5-7-30(47)33-39-20-28(44-33)24-13-17-46(18-14-24)32-12-10-25-19-26(9-11-27(25)43-32)29-21-40-34(45-29)31-8-6-16-48(31)36(50)23(2)42-38(52)54-4/h9-12,19-24,30-31H,5-8,13-18H2,1-4H3,(H,39,44)(H,40,45)(H,41,51)(H,42,52). The summed E-state index contributed by atoms with van der Waals surface area (Å²) in [6.45, 7) is 6.26. The zero-order chi connectivity index (χ0) is 37.9. The minimum atomic E-state index is -0.705. The number of carbonyl (C=O) groups excluding carboxylic acids is 4. The highest BCUT2D eigenvalue weighted by Gasteiger charge is 2.36. The molecule has 0 saturated carbocycles. The van der Waals surface area contributed by atoms with Gasteiger partial charge in [0.2, 0.25) is 11.8 Å². The van der Waals surface area contributed by atoms with Crippen LogP contribution in [0.25, 0.3) is 22.2 Å². The number of benzene rings is 1. The smallest absolute Gasteiger partial charge is 0.407 e. The molecule has 3 aliphatic heterocycles. The number of nitrogens with one attached hydrogen (secondary N) is 4. The Labute approximate surface area is 313 Å². The number of carbonyl (C=O) groups is 4. The highest BCUT2D eigenvalue weighted by molar-refractivity contribution is 5.87. The molecular weight excluding hydrogens is 692 g/mol. The Balaban J connectivity index is 0.960.